The Morgan fingerprint density at radius 1 is 1.29 bits per heavy atom. The SMILES string of the molecule is COC(=O)C1(NC(=O)c2cc(F)ccc2Br)CCCCC1. The van der Waals surface area contributed by atoms with Crippen molar-refractivity contribution in [2.24, 2.45) is 0 Å². The molecule has 1 aliphatic carbocycles. The van der Waals surface area contributed by atoms with E-state index in [-0.39, 0.29) is 5.56 Å². The third kappa shape index (κ3) is 3.43. The van der Waals surface area contributed by atoms with Crippen LogP contribution in [0.4, 0.5) is 4.39 Å². The first-order valence-corrected chi connectivity index (χ1v) is 7.64. The molecule has 1 aromatic carbocycles. The second-order valence-electron chi connectivity index (χ2n) is 5.21. The molecule has 2 rings (SSSR count). The smallest absolute Gasteiger partial charge is 0.331 e. The fourth-order valence-corrected chi connectivity index (χ4v) is 3.11. The Kier molecular flexibility index (Phi) is 4.98. The quantitative estimate of drug-likeness (QED) is 0.845. The Morgan fingerprint density at radius 2 is 1.95 bits per heavy atom. The maximum Gasteiger partial charge on any atom is 0.331 e. The Morgan fingerprint density at radius 3 is 2.57 bits per heavy atom. The summed E-state index contributed by atoms with van der Waals surface area (Å²) in [4.78, 5) is 24.5. The third-order valence-corrected chi connectivity index (χ3v) is 4.50. The summed E-state index contributed by atoms with van der Waals surface area (Å²) in [6.07, 6.45) is 3.80. The van der Waals surface area contributed by atoms with Crippen LogP contribution in [-0.2, 0) is 9.53 Å². The number of hydrogen-bond donors (Lipinski definition) is 1. The maximum absolute atomic E-state index is 13.3. The van der Waals surface area contributed by atoms with Crippen molar-refractivity contribution in [1.29, 1.82) is 0 Å². The van der Waals surface area contributed by atoms with E-state index in [9.17, 15) is 14.0 Å². The fourth-order valence-electron chi connectivity index (χ4n) is 2.69. The van der Waals surface area contributed by atoms with Crippen molar-refractivity contribution in [3.8, 4) is 0 Å². The summed E-state index contributed by atoms with van der Waals surface area (Å²) in [5, 5.41) is 2.76. The molecule has 0 spiro atoms. The van der Waals surface area contributed by atoms with Crippen molar-refractivity contribution < 1.29 is 18.7 Å². The number of esters is 1. The van der Waals surface area contributed by atoms with Crippen LogP contribution in [0, 0.1) is 5.82 Å². The molecule has 21 heavy (non-hydrogen) atoms. The monoisotopic (exact) mass is 357 g/mol. The first-order chi connectivity index (χ1) is 9.98. The van der Waals surface area contributed by atoms with Gasteiger partial charge in [-0.15, -0.1) is 0 Å². The van der Waals surface area contributed by atoms with Crippen LogP contribution >= 0.6 is 15.9 Å². The molecule has 1 saturated carbocycles. The average molecular weight is 358 g/mol. The van der Waals surface area contributed by atoms with Gasteiger partial charge in [0, 0.05) is 4.47 Å². The Hall–Kier alpha value is -1.43. The van der Waals surface area contributed by atoms with E-state index in [1.54, 1.807) is 0 Å². The number of methoxy groups -OCH3 is 1. The molecular formula is C15H17BrFNO3. The van der Waals surface area contributed by atoms with Crippen molar-refractivity contribution in [2.75, 3.05) is 7.11 Å². The second kappa shape index (κ2) is 6.56. The zero-order valence-corrected chi connectivity index (χ0v) is 13.3. The molecule has 0 bridgehead atoms. The summed E-state index contributed by atoms with van der Waals surface area (Å²) in [6, 6.07) is 3.88. The molecule has 1 N–H and O–H groups in total. The predicted octanol–water partition coefficient (Wildman–Crippen LogP) is 3.19. The molecule has 1 amide bonds. The Bertz CT molecular complexity index is 556. The van der Waals surface area contributed by atoms with Crippen molar-refractivity contribution in [3.63, 3.8) is 0 Å². The highest BCUT2D eigenvalue weighted by Gasteiger charge is 2.42. The lowest BCUT2D eigenvalue weighted by atomic mass is 9.81. The molecule has 1 aromatic rings. The van der Waals surface area contributed by atoms with Crippen LogP contribution in [0.25, 0.3) is 0 Å². The van der Waals surface area contributed by atoms with E-state index in [0.29, 0.717) is 17.3 Å². The van der Waals surface area contributed by atoms with Gasteiger partial charge in [-0.05, 0) is 47.0 Å². The van der Waals surface area contributed by atoms with E-state index >= 15 is 0 Å². The van der Waals surface area contributed by atoms with Crippen molar-refractivity contribution in [2.45, 2.75) is 37.6 Å². The molecular weight excluding hydrogens is 341 g/mol. The summed E-state index contributed by atoms with van der Waals surface area (Å²) >= 11 is 3.22. The maximum atomic E-state index is 13.3. The lowest BCUT2D eigenvalue weighted by Crippen LogP contribution is -2.56. The van der Waals surface area contributed by atoms with Gasteiger partial charge in [0.2, 0.25) is 0 Å². The molecule has 4 nitrogen and oxygen atoms in total. The number of benzene rings is 1. The number of rotatable bonds is 3. The van der Waals surface area contributed by atoms with E-state index in [0.717, 1.165) is 25.3 Å². The van der Waals surface area contributed by atoms with Crippen LogP contribution in [0.5, 0.6) is 0 Å². The van der Waals surface area contributed by atoms with Crippen LogP contribution < -0.4 is 5.32 Å². The third-order valence-electron chi connectivity index (χ3n) is 3.81. The molecule has 0 saturated heterocycles. The molecule has 0 aliphatic heterocycles. The first-order valence-electron chi connectivity index (χ1n) is 6.84. The summed E-state index contributed by atoms with van der Waals surface area (Å²) in [7, 11) is 1.31. The fraction of sp³-hybridized carbons (Fsp3) is 0.467. The minimum Gasteiger partial charge on any atom is -0.467 e. The van der Waals surface area contributed by atoms with Crippen LogP contribution in [0.3, 0.4) is 0 Å². The highest BCUT2D eigenvalue weighted by atomic mass is 79.9. The lowest BCUT2D eigenvalue weighted by Gasteiger charge is -2.35. The molecule has 0 aromatic heterocycles. The van der Waals surface area contributed by atoms with E-state index in [1.807, 2.05) is 0 Å². The number of carbonyl (C=O) groups is 2. The van der Waals surface area contributed by atoms with Crippen molar-refractivity contribution >= 4 is 27.8 Å². The van der Waals surface area contributed by atoms with Crippen LogP contribution in [0.2, 0.25) is 0 Å². The number of hydrogen-bond acceptors (Lipinski definition) is 3. The number of nitrogens with one attached hydrogen (secondary N) is 1. The van der Waals surface area contributed by atoms with Crippen LogP contribution in [0.1, 0.15) is 42.5 Å². The van der Waals surface area contributed by atoms with Gasteiger partial charge < -0.3 is 10.1 Å². The van der Waals surface area contributed by atoms with Crippen LogP contribution in [0.15, 0.2) is 22.7 Å². The van der Waals surface area contributed by atoms with Crippen molar-refractivity contribution in [3.05, 3.63) is 34.1 Å². The topological polar surface area (TPSA) is 55.4 Å². The van der Waals surface area contributed by atoms with Gasteiger partial charge in [-0.3, -0.25) is 4.79 Å². The Labute approximate surface area is 131 Å². The number of ether oxygens (including phenoxy) is 1. The van der Waals surface area contributed by atoms with Gasteiger partial charge in [-0.25, -0.2) is 9.18 Å². The average Bonchev–Trinajstić information content (AvgIpc) is 2.49. The van der Waals surface area contributed by atoms with E-state index in [4.69, 9.17) is 4.74 Å². The normalized spacial score (nSPS) is 17.1. The zero-order valence-electron chi connectivity index (χ0n) is 11.7. The van der Waals surface area contributed by atoms with E-state index in [2.05, 4.69) is 21.2 Å². The second-order valence-corrected chi connectivity index (χ2v) is 6.07. The van der Waals surface area contributed by atoms with E-state index in [1.165, 1.54) is 19.2 Å². The molecule has 0 radical (unpaired) electrons. The van der Waals surface area contributed by atoms with Crippen LogP contribution in [-0.4, -0.2) is 24.5 Å². The largest absolute Gasteiger partial charge is 0.467 e. The molecule has 114 valence electrons. The minimum atomic E-state index is -1.00. The number of amides is 1. The lowest BCUT2D eigenvalue weighted by molar-refractivity contribution is -0.149. The van der Waals surface area contributed by atoms with Gasteiger partial charge >= 0.3 is 5.97 Å². The zero-order chi connectivity index (χ0) is 15.5. The minimum absolute atomic E-state index is 0.170. The van der Waals surface area contributed by atoms with Gasteiger partial charge in [0.15, 0.2) is 0 Å². The highest BCUT2D eigenvalue weighted by Crippen LogP contribution is 2.30. The number of halogens is 2. The molecule has 1 fully saturated rings. The van der Waals surface area contributed by atoms with Crippen molar-refractivity contribution in [1.82, 2.24) is 5.32 Å². The van der Waals surface area contributed by atoms with E-state index < -0.39 is 23.2 Å². The van der Waals surface area contributed by atoms with Gasteiger partial charge in [0.05, 0.1) is 12.7 Å². The predicted molar refractivity (Wildman–Crippen MR) is 79.4 cm³/mol. The molecule has 0 unspecified atom stereocenters. The first kappa shape index (κ1) is 15.9. The summed E-state index contributed by atoms with van der Waals surface area (Å²) in [5.41, 5.74) is -0.834. The summed E-state index contributed by atoms with van der Waals surface area (Å²) in [5.74, 6) is -1.42. The number of carbonyl (C=O) groups excluding carboxylic acids is 2. The molecule has 6 heteroatoms. The summed E-state index contributed by atoms with van der Waals surface area (Å²) in [6.45, 7) is 0. The van der Waals surface area contributed by atoms with Gasteiger partial charge in [0.25, 0.3) is 5.91 Å². The Balaban J connectivity index is 2.26. The molecule has 0 atom stereocenters. The summed E-state index contributed by atoms with van der Waals surface area (Å²) < 4.78 is 18.6. The standard InChI is InChI=1S/C15H17BrFNO3/c1-21-14(20)15(7-3-2-4-8-15)18-13(19)11-9-10(17)5-6-12(11)16/h5-6,9H,2-4,7-8H2,1H3,(H,18,19). The highest BCUT2D eigenvalue weighted by molar-refractivity contribution is 9.10. The molecule has 0 heterocycles. The van der Waals surface area contributed by atoms with Gasteiger partial charge in [-0.1, -0.05) is 19.3 Å². The van der Waals surface area contributed by atoms with Gasteiger partial charge in [0.1, 0.15) is 11.4 Å². The molecule has 1 aliphatic rings. The van der Waals surface area contributed by atoms with Gasteiger partial charge in [-0.2, -0.15) is 0 Å².